The summed E-state index contributed by atoms with van der Waals surface area (Å²) < 4.78 is 0. The minimum atomic E-state index is -0.387. The summed E-state index contributed by atoms with van der Waals surface area (Å²) in [4.78, 5) is 19.6. The van der Waals surface area contributed by atoms with Crippen molar-refractivity contribution in [1.82, 2.24) is 9.88 Å². The summed E-state index contributed by atoms with van der Waals surface area (Å²) in [6.45, 7) is 3.16. The number of amides is 1. The highest BCUT2D eigenvalue weighted by Crippen LogP contribution is 2.29. The first kappa shape index (κ1) is 16.0. The maximum absolute atomic E-state index is 13.2. The van der Waals surface area contributed by atoms with Gasteiger partial charge in [0.1, 0.15) is 0 Å². The van der Waals surface area contributed by atoms with Crippen molar-refractivity contribution in [2.24, 2.45) is 5.92 Å². The number of carbonyl (C=O) groups is 1. The smallest absolute Gasteiger partial charge is 0.256 e. The van der Waals surface area contributed by atoms with Crippen LogP contribution in [-0.4, -0.2) is 40.1 Å². The molecule has 0 aliphatic carbocycles. The molecule has 1 N–H and O–H groups in total. The third-order valence-electron chi connectivity index (χ3n) is 5.27. The molecule has 25 heavy (non-hydrogen) atoms. The first-order chi connectivity index (χ1) is 12.1. The van der Waals surface area contributed by atoms with Gasteiger partial charge >= 0.3 is 0 Å². The average molecular weight is 334 g/mol. The number of piperidine rings is 1. The van der Waals surface area contributed by atoms with Crippen LogP contribution >= 0.6 is 0 Å². The second kappa shape index (κ2) is 6.45. The van der Waals surface area contributed by atoms with Gasteiger partial charge in [-0.25, -0.2) is 0 Å². The number of aliphatic hydroxyl groups excluding tert-OH is 1. The first-order valence-corrected chi connectivity index (χ1v) is 8.89. The van der Waals surface area contributed by atoms with E-state index >= 15 is 0 Å². The second-order valence-corrected chi connectivity index (χ2v) is 6.94. The molecule has 2 unspecified atom stereocenters. The Morgan fingerprint density at radius 3 is 2.88 bits per heavy atom. The van der Waals surface area contributed by atoms with Gasteiger partial charge in [0.15, 0.2) is 0 Å². The zero-order chi connectivity index (χ0) is 17.4. The largest absolute Gasteiger partial charge is 0.393 e. The van der Waals surface area contributed by atoms with Gasteiger partial charge in [0.05, 0.1) is 17.2 Å². The van der Waals surface area contributed by atoms with E-state index in [1.165, 1.54) is 0 Å². The Labute approximate surface area is 147 Å². The Balaban J connectivity index is 1.81. The zero-order valence-electron chi connectivity index (χ0n) is 14.4. The quantitative estimate of drug-likeness (QED) is 0.728. The lowest BCUT2D eigenvalue weighted by Crippen LogP contribution is -2.43. The van der Waals surface area contributed by atoms with E-state index in [-0.39, 0.29) is 17.9 Å². The van der Waals surface area contributed by atoms with E-state index in [0.717, 1.165) is 41.1 Å². The molecule has 3 aromatic rings. The fraction of sp³-hybridized carbons (Fsp3) is 0.333. The van der Waals surface area contributed by atoms with Gasteiger partial charge in [0.25, 0.3) is 5.91 Å². The third-order valence-corrected chi connectivity index (χ3v) is 5.27. The fourth-order valence-electron chi connectivity index (χ4n) is 3.85. The Bertz CT molecular complexity index is 935. The summed E-state index contributed by atoms with van der Waals surface area (Å²) in [5.74, 6) is 0.164. The van der Waals surface area contributed by atoms with Crippen LogP contribution in [0.5, 0.6) is 0 Å². The molecule has 0 bridgehead atoms. The van der Waals surface area contributed by atoms with Gasteiger partial charge in [0, 0.05) is 30.6 Å². The predicted octanol–water partition coefficient (Wildman–Crippen LogP) is 3.62. The number of carbonyl (C=O) groups excluding carboxylic acids is 1. The van der Waals surface area contributed by atoms with Crippen molar-refractivity contribution in [3.05, 3.63) is 54.2 Å². The summed E-state index contributed by atoms with van der Waals surface area (Å²) in [7, 11) is 0. The van der Waals surface area contributed by atoms with E-state index in [1.54, 1.807) is 6.20 Å². The average Bonchev–Trinajstić information content (AvgIpc) is 2.67. The number of aromatic nitrogens is 1. The lowest BCUT2D eigenvalue weighted by atomic mass is 9.92. The van der Waals surface area contributed by atoms with Crippen LogP contribution in [0.1, 0.15) is 30.1 Å². The number of benzene rings is 2. The molecule has 4 heteroatoms. The lowest BCUT2D eigenvalue weighted by molar-refractivity contribution is 0.0467. The Morgan fingerprint density at radius 2 is 2.04 bits per heavy atom. The highest BCUT2D eigenvalue weighted by atomic mass is 16.3. The van der Waals surface area contributed by atoms with Gasteiger partial charge in [-0.15, -0.1) is 0 Å². The van der Waals surface area contributed by atoms with Crippen LogP contribution in [-0.2, 0) is 0 Å². The van der Waals surface area contributed by atoms with E-state index in [0.29, 0.717) is 12.1 Å². The monoisotopic (exact) mass is 334 g/mol. The molecule has 2 aromatic carbocycles. The number of aliphatic hydroxyl groups is 1. The third kappa shape index (κ3) is 2.87. The normalized spacial score (nSPS) is 19.3. The molecule has 128 valence electrons. The number of fused-ring (bicyclic) bond motifs is 3. The Morgan fingerprint density at radius 1 is 1.24 bits per heavy atom. The van der Waals surface area contributed by atoms with Crippen molar-refractivity contribution >= 4 is 27.6 Å². The lowest BCUT2D eigenvalue weighted by Gasteiger charge is -2.34. The van der Waals surface area contributed by atoms with Gasteiger partial charge in [-0.2, -0.15) is 0 Å². The first-order valence-electron chi connectivity index (χ1n) is 8.89. The van der Waals surface area contributed by atoms with Crippen molar-refractivity contribution in [3.8, 4) is 0 Å². The minimum absolute atomic E-state index is 0.0137. The van der Waals surface area contributed by atoms with Gasteiger partial charge < -0.3 is 10.0 Å². The van der Waals surface area contributed by atoms with Crippen LogP contribution in [0.15, 0.2) is 48.7 Å². The number of hydrogen-bond donors (Lipinski definition) is 1. The molecule has 1 aliphatic rings. The number of pyridine rings is 1. The summed E-state index contributed by atoms with van der Waals surface area (Å²) in [6, 6.07) is 14.0. The van der Waals surface area contributed by atoms with Crippen LogP contribution in [0.2, 0.25) is 0 Å². The van der Waals surface area contributed by atoms with Crippen LogP contribution < -0.4 is 0 Å². The molecular weight excluding hydrogens is 312 g/mol. The van der Waals surface area contributed by atoms with E-state index < -0.39 is 0 Å². The molecule has 4 nitrogen and oxygen atoms in total. The summed E-state index contributed by atoms with van der Waals surface area (Å²) in [5, 5.41) is 13.1. The van der Waals surface area contributed by atoms with Crippen molar-refractivity contribution in [2.75, 3.05) is 13.1 Å². The number of hydrogen-bond acceptors (Lipinski definition) is 3. The molecular formula is C21H22N2O2. The number of likely N-dealkylation sites (tertiary alicyclic amines) is 1. The molecule has 0 spiro atoms. The molecule has 0 saturated carbocycles. The zero-order valence-corrected chi connectivity index (χ0v) is 14.4. The Kier molecular flexibility index (Phi) is 4.14. The minimum Gasteiger partial charge on any atom is -0.393 e. The van der Waals surface area contributed by atoms with Crippen LogP contribution in [0.3, 0.4) is 0 Å². The SMILES string of the molecule is CC(O)C1CCCN(C(=O)c2cc3ccccc3c3cccnc23)C1. The number of rotatable bonds is 2. The van der Waals surface area contributed by atoms with Crippen LogP contribution in [0.4, 0.5) is 0 Å². The number of nitrogens with zero attached hydrogens (tertiary/aromatic N) is 2. The molecule has 1 aliphatic heterocycles. The Hall–Kier alpha value is -2.46. The molecule has 1 amide bonds. The molecule has 2 heterocycles. The summed E-state index contributed by atoms with van der Waals surface area (Å²) in [6.07, 6.45) is 3.25. The molecule has 1 aromatic heterocycles. The van der Waals surface area contributed by atoms with Gasteiger partial charge in [-0.05, 0) is 42.7 Å². The topological polar surface area (TPSA) is 53.4 Å². The molecule has 1 fully saturated rings. The van der Waals surface area contributed by atoms with Crippen molar-refractivity contribution in [2.45, 2.75) is 25.9 Å². The molecule has 4 rings (SSSR count). The van der Waals surface area contributed by atoms with E-state index in [2.05, 4.69) is 11.1 Å². The van der Waals surface area contributed by atoms with E-state index in [9.17, 15) is 9.90 Å². The van der Waals surface area contributed by atoms with Gasteiger partial charge in [-0.1, -0.05) is 30.3 Å². The summed E-state index contributed by atoms with van der Waals surface area (Å²) >= 11 is 0. The van der Waals surface area contributed by atoms with Crippen LogP contribution in [0, 0.1) is 5.92 Å². The van der Waals surface area contributed by atoms with Gasteiger partial charge in [-0.3, -0.25) is 9.78 Å². The van der Waals surface area contributed by atoms with E-state index in [1.807, 2.05) is 48.2 Å². The van der Waals surface area contributed by atoms with Crippen LogP contribution in [0.25, 0.3) is 21.7 Å². The standard InChI is InChI=1S/C21H22N2O2/c1-14(24)16-7-5-11-23(13-16)21(25)19-12-15-6-2-3-8-17(15)18-9-4-10-22-20(18)19/h2-4,6,8-10,12,14,16,24H,5,7,11,13H2,1H3. The highest BCUT2D eigenvalue weighted by molar-refractivity contribution is 6.15. The molecule has 1 saturated heterocycles. The van der Waals surface area contributed by atoms with Crippen molar-refractivity contribution in [1.29, 1.82) is 0 Å². The summed E-state index contributed by atoms with van der Waals surface area (Å²) in [5.41, 5.74) is 1.41. The van der Waals surface area contributed by atoms with E-state index in [4.69, 9.17) is 0 Å². The second-order valence-electron chi connectivity index (χ2n) is 6.94. The maximum atomic E-state index is 13.2. The molecule has 0 radical (unpaired) electrons. The maximum Gasteiger partial charge on any atom is 0.256 e. The van der Waals surface area contributed by atoms with Gasteiger partial charge in [0.2, 0.25) is 0 Å². The van der Waals surface area contributed by atoms with Crippen molar-refractivity contribution in [3.63, 3.8) is 0 Å². The fourth-order valence-corrected chi connectivity index (χ4v) is 3.85. The predicted molar refractivity (Wildman–Crippen MR) is 99.6 cm³/mol. The highest BCUT2D eigenvalue weighted by Gasteiger charge is 2.28. The molecule has 2 atom stereocenters. The van der Waals surface area contributed by atoms with Crippen molar-refractivity contribution < 1.29 is 9.90 Å².